The second-order valence-electron chi connectivity index (χ2n) is 4.44. The van der Waals surface area contributed by atoms with Gasteiger partial charge in [-0.3, -0.25) is 9.69 Å². The third kappa shape index (κ3) is 5.94. The second kappa shape index (κ2) is 8.02. The molecule has 1 aromatic rings. The van der Waals surface area contributed by atoms with E-state index >= 15 is 0 Å². The van der Waals surface area contributed by atoms with E-state index in [4.69, 9.17) is 21.4 Å². The minimum atomic E-state index is -0.769. The Morgan fingerprint density at radius 1 is 1.53 bits per heavy atom. The van der Waals surface area contributed by atoms with Crippen LogP contribution in [0, 0.1) is 5.92 Å². The zero-order chi connectivity index (χ0) is 14.3. The summed E-state index contributed by atoms with van der Waals surface area (Å²) >= 11 is 5.86. The topological polar surface area (TPSA) is 49.8 Å². The van der Waals surface area contributed by atoms with E-state index in [1.807, 2.05) is 19.1 Å². The quantitative estimate of drug-likeness (QED) is 0.798. The summed E-state index contributed by atoms with van der Waals surface area (Å²) in [5, 5.41) is 9.53. The van der Waals surface area contributed by atoms with Gasteiger partial charge in [0.25, 0.3) is 0 Å². The number of likely N-dealkylation sites (N-methyl/N-ethyl adjacent to an activating group) is 1. The Bertz CT molecular complexity index is 411. The van der Waals surface area contributed by atoms with E-state index in [0.29, 0.717) is 24.7 Å². The van der Waals surface area contributed by atoms with Crippen LogP contribution < -0.4 is 4.74 Å². The van der Waals surface area contributed by atoms with E-state index in [1.165, 1.54) is 0 Å². The van der Waals surface area contributed by atoms with Crippen molar-refractivity contribution in [2.75, 3.05) is 26.2 Å². The highest BCUT2D eigenvalue weighted by Crippen LogP contribution is 2.16. The number of benzene rings is 1. The number of carboxylic acids is 1. The predicted octanol–water partition coefficient (Wildman–Crippen LogP) is 2.76. The van der Waals surface area contributed by atoms with Gasteiger partial charge in [0.15, 0.2) is 0 Å². The molecule has 0 aliphatic heterocycles. The molecule has 0 saturated heterocycles. The van der Waals surface area contributed by atoms with E-state index in [9.17, 15) is 4.79 Å². The van der Waals surface area contributed by atoms with Crippen LogP contribution in [0.4, 0.5) is 0 Å². The lowest BCUT2D eigenvalue weighted by Crippen LogP contribution is -2.34. The van der Waals surface area contributed by atoms with Crippen molar-refractivity contribution < 1.29 is 14.6 Å². The van der Waals surface area contributed by atoms with Crippen molar-refractivity contribution in [1.82, 2.24) is 4.90 Å². The molecular weight excluding hydrogens is 266 g/mol. The molecule has 19 heavy (non-hydrogen) atoms. The lowest BCUT2D eigenvalue weighted by Gasteiger charge is -2.22. The molecule has 0 radical (unpaired) electrons. The van der Waals surface area contributed by atoms with E-state index in [0.717, 1.165) is 12.3 Å². The van der Waals surface area contributed by atoms with Gasteiger partial charge in [0.05, 0.1) is 5.92 Å². The summed E-state index contributed by atoms with van der Waals surface area (Å²) in [6.07, 6.45) is 0. The SMILES string of the molecule is CCN(CCOc1cccc(Cl)c1)CC(C)C(=O)O. The first-order valence-electron chi connectivity index (χ1n) is 6.36. The number of hydrogen-bond donors (Lipinski definition) is 1. The molecule has 0 aliphatic rings. The largest absolute Gasteiger partial charge is 0.492 e. The zero-order valence-electron chi connectivity index (χ0n) is 11.3. The fourth-order valence-electron chi connectivity index (χ4n) is 1.69. The van der Waals surface area contributed by atoms with E-state index in [1.54, 1.807) is 19.1 Å². The number of rotatable bonds is 8. The smallest absolute Gasteiger partial charge is 0.307 e. The summed E-state index contributed by atoms with van der Waals surface area (Å²) in [6, 6.07) is 7.24. The molecule has 1 aromatic carbocycles. The minimum Gasteiger partial charge on any atom is -0.492 e. The molecule has 5 heteroatoms. The zero-order valence-corrected chi connectivity index (χ0v) is 12.1. The van der Waals surface area contributed by atoms with E-state index < -0.39 is 5.97 Å². The Morgan fingerprint density at radius 3 is 2.84 bits per heavy atom. The van der Waals surface area contributed by atoms with Crippen molar-refractivity contribution >= 4 is 17.6 Å². The molecule has 4 nitrogen and oxygen atoms in total. The Balaban J connectivity index is 2.35. The van der Waals surface area contributed by atoms with Gasteiger partial charge >= 0.3 is 5.97 Å². The number of halogens is 1. The molecule has 0 aliphatic carbocycles. The molecule has 0 saturated carbocycles. The number of ether oxygens (including phenoxy) is 1. The predicted molar refractivity (Wildman–Crippen MR) is 75.9 cm³/mol. The maximum Gasteiger partial charge on any atom is 0.307 e. The second-order valence-corrected chi connectivity index (χ2v) is 4.87. The third-order valence-electron chi connectivity index (χ3n) is 2.87. The molecule has 0 bridgehead atoms. The molecule has 0 spiro atoms. The lowest BCUT2D eigenvalue weighted by atomic mass is 10.2. The number of nitrogens with zero attached hydrogens (tertiary/aromatic N) is 1. The van der Waals surface area contributed by atoms with Crippen molar-refractivity contribution in [3.63, 3.8) is 0 Å². The van der Waals surface area contributed by atoms with Crippen LogP contribution >= 0.6 is 11.6 Å². The van der Waals surface area contributed by atoms with Gasteiger partial charge in [0, 0.05) is 18.1 Å². The lowest BCUT2D eigenvalue weighted by molar-refractivity contribution is -0.141. The highest BCUT2D eigenvalue weighted by Gasteiger charge is 2.14. The summed E-state index contributed by atoms with van der Waals surface area (Å²) in [5.74, 6) is -0.407. The van der Waals surface area contributed by atoms with Crippen LogP contribution in [0.5, 0.6) is 5.75 Å². The van der Waals surface area contributed by atoms with Gasteiger partial charge < -0.3 is 9.84 Å². The van der Waals surface area contributed by atoms with Gasteiger partial charge in [-0.2, -0.15) is 0 Å². The van der Waals surface area contributed by atoms with Crippen molar-refractivity contribution in [2.24, 2.45) is 5.92 Å². The summed E-state index contributed by atoms with van der Waals surface area (Å²) in [6.45, 7) is 6.26. The molecule has 1 atom stereocenters. The van der Waals surface area contributed by atoms with Gasteiger partial charge in [0.2, 0.25) is 0 Å². The van der Waals surface area contributed by atoms with Crippen LogP contribution in [-0.4, -0.2) is 42.2 Å². The number of carbonyl (C=O) groups is 1. The highest BCUT2D eigenvalue weighted by atomic mass is 35.5. The molecule has 0 amide bonds. The Kier molecular flexibility index (Phi) is 6.67. The summed E-state index contributed by atoms with van der Waals surface area (Å²) in [7, 11) is 0. The maximum absolute atomic E-state index is 10.8. The average Bonchev–Trinajstić information content (AvgIpc) is 2.37. The fourth-order valence-corrected chi connectivity index (χ4v) is 1.87. The van der Waals surface area contributed by atoms with Crippen molar-refractivity contribution in [3.8, 4) is 5.75 Å². The first-order valence-corrected chi connectivity index (χ1v) is 6.74. The third-order valence-corrected chi connectivity index (χ3v) is 3.11. The first kappa shape index (κ1) is 15.8. The molecule has 0 aromatic heterocycles. The maximum atomic E-state index is 10.8. The molecule has 1 N–H and O–H groups in total. The monoisotopic (exact) mass is 285 g/mol. The molecule has 1 rings (SSSR count). The minimum absolute atomic E-state index is 0.369. The van der Waals surface area contributed by atoms with Crippen molar-refractivity contribution in [1.29, 1.82) is 0 Å². The van der Waals surface area contributed by atoms with Crippen LogP contribution in [-0.2, 0) is 4.79 Å². The van der Waals surface area contributed by atoms with Crippen LogP contribution in [0.3, 0.4) is 0 Å². The van der Waals surface area contributed by atoms with Gasteiger partial charge in [0.1, 0.15) is 12.4 Å². The van der Waals surface area contributed by atoms with Gasteiger partial charge in [-0.25, -0.2) is 0 Å². The summed E-state index contributed by atoms with van der Waals surface area (Å²) in [5.41, 5.74) is 0. The molecule has 1 unspecified atom stereocenters. The van der Waals surface area contributed by atoms with Crippen LogP contribution in [0.2, 0.25) is 5.02 Å². The summed E-state index contributed by atoms with van der Waals surface area (Å²) < 4.78 is 5.59. The molecule has 0 heterocycles. The van der Waals surface area contributed by atoms with Crippen LogP contribution in [0.25, 0.3) is 0 Å². The van der Waals surface area contributed by atoms with Gasteiger partial charge in [-0.1, -0.05) is 31.5 Å². The summed E-state index contributed by atoms with van der Waals surface area (Å²) in [4.78, 5) is 12.9. The molecule has 0 fully saturated rings. The van der Waals surface area contributed by atoms with Crippen molar-refractivity contribution in [2.45, 2.75) is 13.8 Å². The number of aliphatic carboxylic acids is 1. The highest BCUT2D eigenvalue weighted by molar-refractivity contribution is 6.30. The van der Waals surface area contributed by atoms with Gasteiger partial charge in [-0.15, -0.1) is 0 Å². The van der Waals surface area contributed by atoms with Gasteiger partial charge in [-0.05, 0) is 24.7 Å². The van der Waals surface area contributed by atoms with E-state index in [2.05, 4.69) is 4.90 Å². The van der Waals surface area contributed by atoms with Crippen molar-refractivity contribution in [3.05, 3.63) is 29.3 Å². The average molecular weight is 286 g/mol. The Morgan fingerprint density at radius 2 is 2.26 bits per heavy atom. The first-order chi connectivity index (χ1) is 9.02. The van der Waals surface area contributed by atoms with Crippen LogP contribution in [0.15, 0.2) is 24.3 Å². The number of carboxylic acid groups (broad SMARTS) is 1. The fraction of sp³-hybridized carbons (Fsp3) is 0.500. The molecular formula is C14H20ClNO3. The standard InChI is InChI=1S/C14H20ClNO3/c1-3-16(10-11(2)14(17)18)7-8-19-13-6-4-5-12(15)9-13/h4-6,9,11H,3,7-8,10H2,1-2H3,(H,17,18). The molecule has 106 valence electrons. The van der Waals surface area contributed by atoms with E-state index in [-0.39, 0.29) is 5.92 Å². The Hall–Kier alpha value is -1.26. The number of hydrogen-bond acceptors (Lipinski definition) is 3. The van der Waals surface area contributed by atoms with Crippen LogP contribution in [0.1, 0.15) is 13.8 Å². The Labute approximate surface area is 118 Å². The normalized spacial score (nSPS) is 12.4.